The van der Waals surface area contributed by atoms with Gasteiger partial charge in [0.15, 0.2) is 0 Å². The fourth-order valence-corrected chi connectivity index (χ4v) is 2.59. The first kappa shape index (κ1) is 15.6. The van der Waals surface area contributed by atoms with E-state index in [1.165, 1.54) is 12.5 Å². The monoisotopic (exact) mass is 299 g/mol. The van der Waals surface area contributed by atoms with Crippen molar-refractivity contribution in [3.8, 4) is 5.75 Å². The van der Waals surface area contributed by atoms with Crippen LogP contribution in [0.2, 0.25) is 5.02 Å². The molecule has 1 aromatic carbocycles. The average Bonchev–Trinajstić information content (AvgIpc) is 2.35. The highest BCUT2D eigenvalue weighted by molar-refractivity contribution is 6.30. The van der Waals surface area contributed by atoms with Crippen LogP contribution in [-0.2, 0) is 0 Å². The van der Waals surface area contributed by atoms with E-state index in [2.05, 4.69) is 19.2 Å². The summed E-state index contributed by atoms with van der Waals surface area (Å²) in [7, 11) is 0. The molecule has 0 saturated heterocycles. The molecule has 0 unspecified atom stereocenters. The minimum absolute atomic E-state index is 0.121. The zero-order chi connectivity index (χ0) is 14.6. The Balaban J connectivity index is 1.88. The van der Waals surface area contributed by atoms with Gasteiger partial charge in [-0.25, -0.2) is 4.39 Å². The summed E-state index contributed by atoms with van der Waals surface area (Å²) in [4.78, 5) is 0. The molecule has 4 heteroatoms. The van der Waals surface area contributed by atoms with Crippen LogP contribution in [0, 0.1) is 11.7 Å². The van der Waals surface area contributed by atoms with E-state index in [0.717, 1.165) is 32.4 Å². The van der Waals surface area contributed by atoms with Crippen LogP contribution >= 0.6 is 11.6 Å². The van der Waals surface area contributed by atoms with Gasteiger partial charge >= 0.3 is 0 Å². The van der Waals surface area contributed by atoms with Crippen molar-refractivity contribution in [1.82, 2.24) is 5.32 Å². The predicted molar refractivity (Wildman–Crippen MR) is 80.9 cm³/mol. The van der Waals surface area contributed by atoms with Crippen molar-refractivity contribution in [3.63, 3.8) is 0 Å². The normalized spacial score (nSPS) is 17.1. The summed E-state index contributed by atoms with van der Waals surface area (Å²) in [6.45, 7) is 6.35. The lowest BCUT2D eigenvalue weighted by atomic mass is 9.77. The fraction of sp³-hybridized carbons (Fsp3) is 0.625. The zero-order valence-electron chi connectivity index (χ0n) is 12.2. The van der Waals surface area contributed by atoms with Crippen LogP contribution in [-0.4, -0.2) is 18.7 Å². The molecule has 1 N–H and O–H groups in total. The minimum Gasteiger partial charge on any atom is -0.487 e. The van der Waals surface area contributed by atoms with Gasteiger partial charge in [-0.3, -0.25) is 0 Å². The molecule has 0 spiro atoms. The summed E-state index contributed by atoms with van der Waals surface area (Å²) in [5, 5.41) is 3.58. The number of hydrogen-bond donors (Lipinski definition) is 1. The Bertz CT molecular complexity index is 446. The summed E-state index contributed by atoms with van der Waals surface area (Å²) in [6.07, 6.45) is 4.23. The van der Waals surface area contributed by atoms with Crippen LogP contribution in [0.15, 0.2) is 18.2 Å². The third kappa shape index (κ3) is 4.10. The van der Waals surface area contributed by atoms with Crippen molar-refractivity contribution in [2.75, 3.05) is 13.1 Å². The van der Waals surface area contributed by atoms with Crippen LogP contribution in [0.5, 0.6) is 5.75 Å². The third-order valence-electron chi connectivity index (χ3n) is 3.80. The van der Waals surface area contributed by atoms with E-state index in [-0.39, 0.29) is 10.6 Å². The zero-order valence-corrected chi connectivity index (χ0v) is 13.0. The summed E-state index contributed by atoms with van der Waals surface area (Å²) in [5.74, 6) is 0.811. The largest absolute Gasteiger partial charge is 0.487 e. The van der Waals surface area contributed by atoms with E-state index in [1.54, 1.807) is 12.1 Å². The Kier molecular flexibility index (Phi) is 5.28. The molecular weight excluding hydrogens is 277 g/mol. The van der Waals surface area contributed by atoms with Crippen molar-refractivity contribution >= 4 is 11.6 Å². The second-order valence-electron chi connectivity index (χ2n) is 6.06. The molecule has 20 heavy (non-hydrogen) atoms. The van der Waals surface area contributed by atoms with E-state index >= 15 is 0 Å². The molecule has 1 aromatic rings. The van der Waals surface area contributed by atoms with Gasteiger partial charge in [0.05, 0.1) is 5.02 Å². The lowest BCUT2D eigenvalue weighted by molar-refractivity contribution is -0.0145. The van der Waals surface area contributed by atoms with Crippen LogP contribution in [0.4, 0.5) is 4.39 Å². The molecule has 1 aliphatic carbocycles. The third-order valence-corrected chi connectivity index (χ3v) is 4.11. The maximum atomic E-state index is 13.4. The Morgan fingerprint density at radius 1 is 1.40 bits per heavy atom. The molecule has 0 radical (unpaired) electrons. The Hall–Kier alpha value is -0.800. The van der Waals surface area contributed by atoms with Gasteiger partial charge in [0.1, 0.15) is 17.2 Å². The lowest BCUT2D eigenvalue weighted by Gasteiger charge is -2.42. The van der Waals surface area contributed by atoms with Gasteiger partial charge in [0.25, 0.3) is 0 Å². The predicted octanol–water partition coefficient (Wildman–Crippen LogP) is 4.42. The molecule has 1 saturated carbocycles. The number of ether oxygens (including phenoxy) is 1. The van der Waals surface area contributed by atoms with Crippen LogP contribution < -0.4 is 10.1 Å². The molecule has 1 aliphatic rings. The maximum absolute atomic E-state index is 13.4. The maximum Gasteiger partial charge on any atom is 0.145 e. The second-order valence-corrected chi connectivity index (χ2v) is 6.47. The number of hydrogen-bond acceptors (Lipinski definition) is 2. The van der Waals surface area contributed by atoms with Gasteiger partial charge in [0, 0.05) is 6.07 Å². The molecule has 2 rings (SSSR count). The molecule has 0 bridgehead atoms. The van der Waals surface area contributed by atoms with E-state index in [9.17, 15) is 4.39 Å². The quantitative estimate of drug-likeness (QED) is 0.753. The summed E-state index contributed by atoms with van der Waals surface area (Å²) in [6, 6.07) is 4.67. The van der Waals surface area contributed by atoms with Crippen LogP contribution in [0.25, 0.3) is 0 Å². The Morgan fingerprint density at radius 3 is 2.70 bits per heavy atom. The first-order chi connectivity index (χ1) is 9.51. The molecular formula is C16H23ClFNO. The van der Waals surface area contributed by atoms with Crippen molar-refractivity contribution in [3.05, 3.63) is 29.0 Å². The molecule has 0 aliphatic heterocycles. The van der Waals surface area contributed by atoms with Crippen molar-refractivity contribution in [2.45, 2.75) is 45.1 Å². The first-order valence-corrected chi connectivity index (χ1v) is 7.73. The molecule has 0 atom stereocenters. The van der Waals surface area contributed by atoms with Crippen LogP contribution in [0.3, 0.4) is 0 Å². The van der Waals surface area contributed by atoms with Gasteiger partial charge in [-0.2, -0.15) is 0 Å². The van der Waals surface area contributed by atoms with Crippen molar-refractivity contribution in [2.24, 2.45) is 5.92 Å². The Morgan fingerprint density at radius 2 is 2.15 bits per heavy atom. The van der Waals surface area contributed by atoms with Crippen molar-refractivity contribution in [1.29, 1.82) is 0 Å². The van der Waals surface area contributed by atoms with Gasteiger partial charge in [-0.15, -0.1) is 0 Å². The molecule has 0 amide bonds. The minimum atomic E-state index is -0.420. The van der Waals surface area contributed by atoms with Gasteiger partial charge in [0.2, 0.25) is 0 Å². The van der Waals surface area contributed by atoms with Gasteiger partial charge in [-0.1, -0.05) is 25.4 Å². The topological polar surface area (TPSA) is 21.3 Å². The number of benzene rings is 1. The number of nitrogens with one attached hydrogen (secondary N) is 1. The highest BCUT2D eigenvalue weighted by atomic mass is 35.5. The summed E-state index contributed by atoms with van der Waals surface area (Å²) < 4.78 is 19.5. The molecule has 0 heterocycles. The smallest absolute Gasteiger partial charge is 0.145 e. The molecule has 112 valence electrons. The molecule has 0 aromatic heterocycles. The summed E-state index contributed by atoms with van der Waals surface area (Å²) >= 11 is 5.69. The molecule has 1 fully saturated rings. The SMILES string of the molecule is CC(C)CNCCC1(Oc2ccc(Cl)c(F)c2)CCC1. The number of halogens is 2. The number of rotatable bonds is 7. The molecule has 2 nitrogen and oxygen atoms in total. The highest BCUT2D eigenvalue weighted by Gasteiger charge is 2.38. The van der Waals surface area contributed by atoms with E-state index in [0.29, 0.717) is 11.7 Å². The lowest BCUT2D eigenvalue weighted by Crippen LogP contribution is -2.45. The Labute approximate surface area is 125 Å². The standard InChI is InChI=1S/C16H23ClFNO/c1-12(2)11-19-9-8-16(6-3-7-16)20-13-4-5-14(17)15(18)10-13/h4-5,10,12,19H,3,6-9,11H2,1-2H3. The average molecular weight is 300 g/mol. The van der Waals surface area contributed by atoms with E-state index < -0.39 is 5.82 Å². The highest BCUT2D eigenvalue weighted by Crippen LogP contribution is 2.39. The van der Waals surface area contributed by atoms with Gasteiger partial charge in [-0.05, 0) is 56.8 Å². The van der Waals surface area contributed by atoms with Gasteiger partial charge < -0.3 is 10.1 Å². The second kappa shape index (κ2) is 6.77. The summed E-state index contributed by atoms with van der Waals surface area (Å²) in [5.41, 5.74) is -0.121. The van der Waals surface area contributed by atoms with Crippen LogP contribution in [0.1, 0.15) is 39.5 Å². The van der Waals surface area contributed by atoms with E-state index in [4.69, 9.17) is 16.3 Å². The fourth-order valence-electron chi connectivity index (χ4n) is 2.47. The van der Waals surface area contributed by atoms with E-state index in [1.807, 2.05) is 0 Å². The first-order valence-electron chi connectivity index (χ1n) is 7.35. The van der Waals surface area contributed by atoms with Crippen molar-refractivity contribution < 1.29 is 9.13 Å².